The van der Waals surface area contributed by atoms with E-state index >= 15 is 0 Å². The number of hydrogen-bond donors (Lipinski definition) is 0. The van der Waals surface area contributed by atoms with Gasteiger partial charge in [0.05, 0.1) is 0 Å². The van der Waals surface area contributed by atoms with Crippen LogP contribution in [0.4, 0.5) is 0 Å². The maximum absolute atomic E-state index is 2.40. The van der Waals surface area contributed by atoms with Crippen LogP contribution in [-0.4, -0.2) is 0 Å². The zero-order valence-electron chi connectivity index (χ0n) is 24.2. The van der Waals surface area contributed by atoms with Crippen LogP contribution in [0, 0.1) is 0 Å². The van der Waals surface area contributed by atoms with Crippen molar-refractivity contribution in [3.05, 3.63) is 170 Å². The molecule has 204 valence electrons. The Morgan fingerprint density at radius 1 is 0.227 bits per heavy atom. The van der Waals surface area contributed by atoms with Crippen molar-refractivity contribution < 1.29 is 0 Å². The van der Waals surface area contributed by atoms with Gasteiger partial charge >= 0.3 is 0 Å². The Kier molecular flexibility index (Phi) is 5.61. The SMILES string of the molecule is c1ccc(-c2ccc(-c3c4ccccc4c(-c4cccc5cc6c(ccc7ccccc76)cc45)c4ccccc34)cc2)cc1. The van der Waals surface area contributed by atoms with Gasteiger partial charge in [0, 0.05) is 0 Å². The molecule has 0 heterocycles. The number of rotatable bonds is 3. The highest BCUT2D eigenvalue weighted by molar-refractivity contribution is 6.24. The van der Waals surface area contributed by atoms with Crippen LogP contribution in [-0.2, 0) is 0 Å². The van der Waals surface area contributed by atoms with E-state index in [1.807, 2.05) is 0 Å². The molecule has 0 atom stereocenters. The van der Waals surface area contributed by atoms with Gasteiger partial charge in [0.1, 0.15) is 0 Å². The molecule has 0 saturated carbocycles. The third-order valence-electron chi connectivity index (χ3n) is 9.23. The molecule has 0 radical (unpaired) electrons. The molecule has 0 aromatic heterocycles. The van der Waals surface area contributed by atoms with Gasteiger partial charge in [-0.2, -0.15) is 0 Å². The topological polar surface area (TPSA) is 0 Å². The molecule has 9 aromatic carbocycles. The highest BCUT2D eigenvalue weighted by Crippen LogP contribution is 2.46. The average Bonchev–Trinajstić information content (AvgIpc) is 3.10. The summed E-state index contributed by atoms with van der Waals surface area (Å²) in [5.74, 6) is 0. The fourth-order valence-corrected chi connectivity index (χ4v) is 7.19. The van der Waals surface area contributed by atoms with Crippen LogP contribution in [0.25, 0.3) is 87.2 Å². The second kappa shape index (κ2) is 9.93. The minimum Gasteiger partial charge on any atom is -0.0622 e. The first-order valence-corrected chi connectivity index (χ1v) is 15.3. The first-order chi connectivity index (χ1) is 21.8. The van der Waals surface area contributed by atoms with Crippen LogP contribution in [0.5, 0.6) is 0 Å². The van der Waals surface area contributed by atoms with Crippen molar-refractivity contribution in [3.8, 4) is 33.4 Å². The van der Waals surface area contributed by atoms with Crippen molar-refractivity contribution in [2.75, 3.05) is 0 Å². The van der Waals surface area contributed by atoms with Gasteiger partial charge < -0.3 is 0 Å². The summed E-state index contributed by atoms with van der Waals surface area (Å²) in [4.78, 5) is 0. The largest absolute Gasteiger partial charge is 0.0622 e. The molecule has 0 fully saturated rings. The Bertz CT molecular complexity index is 2460. The maximum Gasteiger partial charge on any atom is -0.00201 e. The van der Waals surface area contributed by atoms with Gasteiger partial charge in [-0.3, -0.25) is 0 Å². The van der Waals surface area contributed by atoms with E-state index in [0.29, 0.717) is 0 Å². The standard InChI is InChI=1S/C44H28/c1-2-11-29(12-3-1)30-21-24-32(25-22-30)43-36-16-6-8-18-38(36)44(39-19-9-7-17-37(39)43)40-20-10-14-33-27-41-34(28-42(33)40)26-23-31-13-4-5-15-35(31)41/h1-28H. The van der Waals surface area contributed by atoms with Crippen LogP contribution >= 0.6 is 0 Å². The Labute approximate surface area is 256 Å². The van der Waals surface area contributed by atoms with Gasteiger partial charge in [-0.25, -0.2) is 0 Å². The summed E-state index contributed by atoms with van der Waals surface area (Å²) in [5, 5.41) is 12.8. The van der Waals surface area contributed by atoms with Gasteiger partial charge in [-0.05, 0) is 99.4 Å². The Balaban J connectivity index is 1.32. The molecule has 0 bridgehead atoms. The summed E-state index contributed by atoms with van der Waals surface area (Å²) in [5.41, 5.74) is 7.56. The molecule has 0 aliphatic heterocycles. The van der Waals surface area contributed by atoms with Crippen molar-refractivity contribution >= 4 is 53.9 Å². The number of benzene rings is 9. The van der Waals surface area contributed by atoms with Gasteiger partial charge in [-0.1, -0.05) is 158 Å². The van der Waals surface area contributed by atoms with Crippen molar-refractivity contribution in [1.29, 1.82) is 0 Å². The first kappa shape index (κ1) is 24.8. The van der Waals surface area contributed by atoms with E-state index < -0.39 is 0 Å². The molecule has 0 heteroatoms. The average molecular weight is 557 g/mol. The van der Waals surface area contributed by atoms with E-state index in [1.54, 1.807) is 0 Å². The zero-order valence-corrected chi connectivity index (χ0v) is 24.2. The molecule has 0 saturated heterocycles. The molecule has 0 spiro atoms. The fourth-order valence-electron chi connectivity index (χ4n) is 7.19. The Morgan fingerprint density at radius 3 is 1.41 bits per heavy atom. The van der Waals surface area contributed by atoms with Crippen molar-refractivity contribution in [3.63, 3.8) is 0 Å². The van der Waals surface area contributed by atoms with Crippen LogP contribution in [0.3, 0.4) is 0 Å². The highest BCUT2D eigenvalue weighted by atomic mass is 14.2. The first-order valence-electron chi connectivity index (χ1n) is 15.3. The fraction of sp³-hybridized carbons (Fsp3) is 0. The molecule has 0 N–H and O–H groups in total. The van der Waals surface area contributed by atoms with Crippen molar-refractivity contribution in [1.82, 2.24) is 0 Å². The van der Waals surface area contributed by atoms with E-state index in [4.69, 9.17) is 0 Å². The summed E-state index contributed by atoms with van der Waals surface area (Å²) in [7, 11) is 0. The minimum absolute atomic E-state index is 1.23. The lowest BCUT2D eigenvalue weighted by atomic mass is 9.84. The molecule has 9 aromatic rings. The normalized spacial score (nSPS) is 11.6. The summed E-state index contributed by atoms with van der Waals surface area (Å²) in [6, 6.07) is 62.3. The monoisotopic (exact) mass is 556 g/mol. The number of fused-ring (bicyclic) bond motifs is 6. The summed E-state index contributed by atoms with van der Waals surface area (Å²) >= 11 is 0. The van der Waals surface area contributed by atoms with Crippen LogP contribution < -0.4 is 0 Å². The lowest BCUT2D eigenvalue weighted by Crippen LogP contribution is -1.92. The molecule has 0 aliphatic carbocycles. The molecular formula is C44H28. The second-order valence-corrected chi connectivity index (χ2v) is 11.7. The van der Waals surface area contributed by atoms with Crippen molar-refractivity contribution in [2.24, 2.45) is 0 Å². The lowest BCUT2D eigenvalue weighted by Gasteiger charge is -2.19. The van der Waals surface area contributed by atoms with Gasteiger partial charge in [0.2, 0.25) is 0 Å². The van der Waals surface area contributed by atoms with Crippen molar-refractivity contribution in [2.45, 2.75) is 0 Å². The maximum atomic E-state index is 2.40. The van der Waals surface area contributed by atoms with E-state index in [0.717, 1.165) is 0 Å². The van der Waals surface area contributed by atoms with Crippen LogP contribution in [0.2, 0.25) is 0 Å². The van der Waals surface area contributed by atoms with E-state index in [1.165, 1.54) is 87.2 Å². The third-order valence-corrected chi connectivity index (χ3v) is 9.23. The molecule has 0 amide bonds. The van der Waals surface area contributed by atoms with Gasteiger partial charge in [-0.15, -0.1) is 0 Å². The smallest absolute Gasteiger partial charge is 0.00201 e. The van der Waals surface area contributed by atoms with E-state index in [9.17, 15) is 0 Å². The minimum atomic E-state index is 1.23. The van der Waals surface area contributed by atoms with Crippen LogP contribution in [0.15, 0.2) is 170 Å². The van der Waals surface area contributed by atoms with Crippen LogP contribution in [0.1, 0.15) is 0 Å². The quantitative estimate of drug-likeness (QED) is 0.150. The number of hydrogen-bond acceptors (Lipinski definition) is 0. The molecule has 9 rings (SSSR count). The molecule has 44 heavy (non-hydrogen) atoms. The van der Waals surface area contributed by atoms with Gasteiger partial charge in [0.25, 0.3) is 0 Å². The Hall–Kier alpha value is -5.72. The second-order valence-electron chi connectivity index (χ2n) is 11.7. The van der Waals surface area contributed by atoms with Gasteiger partial charge in [0.15, 0.2) is 0 Å². The summed E-state index contributed by atoms with van der Waals surface area (Å²) in [6.07, 6.45) is 0. The van der Waals surface area contributed by atoms with E-state index in [-0.39, 0.29) is 0 Å². The Morgan fingerprint density at radius 2 is 0.705 bits per heavy atom. The zero-order chi connectivity index (χ0) is 29.0. The lowest BCUT2D eigenvalue weighted by molar-refractivity contribution is 1.61. The predicted octanol–water partition coefficient (Wildman–Crippen LogP) is 12.5. The predicted molar refractivity (Wildman–Crippen MR) is 190 cm³/mol. The molecule has 0 nitrogen and oxygen atoms in total. The third kappa shape index (κ3) is 3.85. The summed E-state index contributed by atoms with van der Waals surface area (Å²) in [6.45, 7) is 0. The molecule has 0 unspecified atom stereocenters. The summed E-state index contributed by atoms with van der Waals surface area (Å²) < 4.78 is 0. The highest BCUT2D eigenvalue weighted by Gasteiger charge is 2.18. The molecule has 0 aliphatic rings. The molecular weight excluding hydrogens is 528 g/mol. The van der Waals surface area contributed by atoms with E-state index in [2.05, 4.69) is 170 Å².